The lowest BCUT2D eigenvalue weighted by Gasteiger charge is -2.05. The van der Waals surface area contributed by atoms with Gasteiger partial charge in [-0.1, -0.05) is 23.4 Å². The minimum Gasteiger partial charge on any atom is -0.469 e. The van der Waals surface area contributed by atoms with E-state index in [2.05, 4.69) is 15.0 Å². The van der Waals surface area contributed by atoms with Crippen molar-refractivity contribution >= 4 is 35.2 Å². The second-order valence-electron chi connectivity index (χ2n) is 3.61. The van der Waals surface area contributed by atoms with Crippen LogP contribution in [0.4, 0.5) is 0 Å². The molecule has 0 radical (unpaired) electrons. The van der Waals surface area contributed by atoms with E-state index in [1.807, 2.05) is 0 Å². The second-order valence-corrected chi connectivity index (χ2v) is 4.98. The molecule has 1 N–H and O–H groups in total. The van der Waals surface area contributed by atoms with Gasteiger partial charge in [0.05, 0.1) is 17.9 Å². The first-order chi connectivity index (χ1) is 9.13. The number of pyridine rings is 1. The number of amides is 1. The summed E-state index contributed by atoms with van der Waals surface area (Å²) < 4.78 is 4.50. The van der Waals surface area contributed by atoms with Gasteiger partial charge in [-0.3, -0.25) is 9.59 Å². The molecule has 0 aliphatic heterocycles. The highest BCUT2D eigenvalue weighted by atomic mass is 35.5. The molecule has 1 amide bonds. The molecule has 1 aromatic heterocycles. The molecule has 1 rings (SSSR count). The van der Waals surface area contributed by atoms with Gasteiger partial charge in [0, 0.05) is 19.2 Å². The van der Waals surface area contributed by atoms with Crippen molar-refractivity contribution in [1.29, 1.82) is 0 Å². The maximum atomic E-state index is 11.5. The fraction of sp³-hybridized carbons (Fsp3) is 0.417. The standard InChI is InChI=1S/C12H15ClN2O3S/c1-18-11(17)5-3-6-14-10(16)8-19-12-9(13)4-2-7-15-12/h2,4,7H,3,5-6,8H2,1H3,(H,14,16). The Balaban J connectivity index is 2.18. The van der Waals surface area contributed by atoms with Crippen LogP contribution in [0.25, 0.3) is 0 Å². The van der Waals surface area contributed by atoms with Crippen molar-refractivity contribution in [2.75, 3.05) is 19.4 Å². The van der Waals surface area contributed by atoms with Gasteiger partial charge >= 0.3 is 5.97 Å². The Hall–Kier alpha value is -1.27. The summed E-state index contributed by atoms with van der Waals surface area (Å²) in [6, 6.07) is 3.46. The Bertz CT molecular complexity index is 443. The molecule has 0 fully saturated rings. The van der Waals surface area contributed by atoms with Crippen molar-refractivity contribution in [3.63, 3.8) is 0 Å². The molecule has 0 bridgehead atoms. The Morgan fingerprint density at radius 1 is 1.53 bits per heavy atom. The van der Waals surface area contributed by atoms with E-state index in [1.54, 1.807) is 18.3 Å². The number of carbonyl (C=O) groups excluding carboxylic acids is 2. The average Bonchev–Trinajstić information content (AvgIpc) is 2.42. The summed E-state index contributed by atoms with van der Waals surface area (Å²) in [5.41, 5.74) is 0. The number of esters is 1. The molecule has 1 aromatic rings. The molecule has 0 aromatic carbocycles. The molecule has 0 saturated heterocycles. The quantitative estimate of drug-likeness (QED) is 0.473. The fourth-order valence-electron chi connectivity index (χ4n) is 1.22. The third kappa shape index (κ3) is 6.45. The summed E-state index contributed by atoms with van der Waals surface area (Å²) >= 11 is 7.20. The van der Waals surface area contributed by atoms with Gasteiger partial charge in [-0.15, -0.1) is 0 Å². The molecule has 0 spiro atoms. The maximum absolute atomic E-state index is 11.5. The van der Waals surface area contributed by atoms with Gasteiger partial charge in [0.2, 0.25) is 5.91 Å². The Morgan fingerprint density at radius 2 is 2.32 bits per heavy atom. The van der Waals surface area contributed by atoms with Crippen molar-refractivity contribution in [2.24, 2.45) is 0 Å². The van der Waals surface area contributed by atoms with Gasteiger partial charge in [0.25, 0.3) is 0 Å². The number of nitrogens with zero attached hydrogens (tertiary/aromatic N) is 1. The third-order valence-corrected chi connectivity index (χ3v) is 3.59. The van der Waals surface area contributed by atoms with E-state index in [1.165, 1.54) is 18.9 Å². The molecule has 0 saturated carbocycles. The zero-order chi connectivity index (χ0) is 14.1. The zero-order valence-corrected chi connectivity index (χ0v) is 12.1. The number of nitrogens with one attached hydrogen (secondary N) is 1. The van der Waals surface area contributed by atoms with E-state index in [4.69, 9.17) is 11.6 Å². The van der Waals surface area contributed by atoms with Crippen molar-refractivity contribution < 1.29 is 14.3 Å². The van der Waals surface area contributed by atoms with Gasteiger partial charge in [-0.2, -0.15) is 0 Å². The third-order valence-electron chi connectivity index (χ3n) is 2.17. The van der Waals surface area contributed by atoms with Crippen molar-refractivity contribution in [3.05, 3.63) is 23.4 Å². The van der Waals surface area contributed by atoms with Crippen LogP contribution in [0.15, 0.2) is 23.4 Å². The van der Waals surface area contributed by atoms with Crippen LogP contribution in [0.2, 0.25) is 5.02 Å². The molecule has 0 unspecified atom stereocenters. The first-order valence-electron chi connectivity index (χ1n) is 5.70. The largest absolute Gasteiger partial charge is 0.469 e. The molecule has 19 heavy (non-hydrogen) atoms. The van der Waals surface area contributed by atoms with Crippen LogP contribution in [0.1, 0.15) is 12.8 Å². The number of hydrogen-bond acceptors (Lipinski definition) is 5. The highest BCUT2D eigenvalue weighted by molar-refractivity contribution is 8.00. The molecule has 7 heteroatoms. The normalized spacial score (nSPS) is 10.0. The topological polar surface area (TPSA) is 68.3 Å². The van der Waals surface area contributed by atoms with Gasteiger partial charge in [0.15, 0.2) is 0 Å². The van der Waals surface area contributed by atoms with Gasteiger partial charge in [-0.25, -0.2) is 4.98 Å². The van der Waals surface area contributed by atoms with Crippen LogP contribution in [0.3, 0.4) is 0 Å². The van der Waals surface area contributed by atoms with Crippen LogP contribution in [-0.2, 0) is 14.3 Å². The van der Waals surface area contributed by atoms with E-state index in [0.717, 1.165) is 0 Å². The van der Waals surface area contributed by atoms with Gasteiger partial charge in [-0.05, 0) is 18.6 Å². The molecule has 5 nitrogen and oxygen atoms in total. The number of ether oxygens (including phenoxy) is 1. The maximum Gasteiger partial charge on any atom is 0.305 e. The van der Waals surface area contributed by atoms with Crippen LogP contribution in [0, 0.1) is 0 Å². The smallest absolute Gasteiger partial charge is 0.305 e. The first-order valence-corrected chi connectivity index (χ1v) is 7.06. The Kier molecular flexibility index (Phi) is 7.28. The number of aromatic nitrogens is 1. The second kappa shape index (κ2) is 8.77. The minimum atomic E-state index is -0.274. The van der Waals surface area contributed by atoms with Crippen LogP contribution < -0.4 is 5.32 Å². The number of thioether (sulfide) groups is 1. The van der Waals surface area contributed by atoms with E-state index in [0.29, 0.717) is 29.4 Å². The van der Waals surface area contributed by atoms with E-state index >= 15 is 0 Å². The van der Waals surface area contributed by atoms with Gasteiger partial charge in [0.1, 0.15) is 5.03 Å². The number of rotatable bonds is 7. The van der Waals surface area contributed by atoms with Crippen molar-refractivity contribution in [1.82, 2.24) is 10.3 Å². The molecular weight excluding hydrogens is 288 g/mol. The molecule has 104 valence electrons. The predicted octanol–water partition coefficient (Wildman–Crippen LogP) is 1.90. The monoisotopic (exact) mass is 302 g/mol. The summed E-state index contributed by atoms with van der Waals surface area (Å²) in [6.07, 6.45) is 2.49. The van der Waals surface area contributed by atoms with E-state index in [9.17, 15) is 9.59 Å². The van der Waals surface area contributed by atoms with Crippen molar-refractivity contribution in [3.8, 4) is 0 Å². The Labute approximate surface area is 121 Å². The highest BCUT2D eigenvalue weighted by Crippen LogP contribution is 2.23. The minimum absolute atomic E-state index is 0.114. The number of hydrogen-bond donors (Lipinski definition) is 1. The van der Waals surface area contributed by atoms with Crippen LogP contribution >= 0.6 is 23.4 Å². The van der Waals surface area contributed by atoms with E-state index < -0.39 is 0 Å². The summed E-state index contributed by atoms with van der Waals surface area (Å²) in [6.45, 7) is 0.449. The van der Waals surface area contributed by atoms with Crippen molar-refractivity contribution in [2.45, 2.75) is 17.9 Å². The summed E-state index contributed by atoms with van der Waals surface area (Å²) in [5.74, 6) is -0.143. The SMILES string of the molecule is COC(=O)CCCNC(=O)CSc1ncccc1Cl. The Morgan fingerprint density at radius 3 is 3.00 bits per heavy atom. The highest BCUT2D eigenvalue weighted by Gasteiger charge is 2.06. The molecule has 1 heterocycles. The summed E-state index contributed by atoms with van der Waals surface area (Å²) in [7, 11) is 1.34. The zero-order valence-electron chi connectivity index (χ0n) is 10.5. The molecule has 0 aliphatic rings. The number of methoxy groups -OCH3 is 1. The predicted molar refractivity (Wildman–Crippen MR) is 74.2 cm³/mol. The average molecular weight is 303 g/mol. The van der Waals surface area contributed by atoms with E-state index in [-0.39, 0.29) is 17.6 Å². The number of carbonyl (C=O) groups is 2. The van der Waals surface area contributed by atoms with Gasteiger partial charge < -0.3 is 10.1 Å². The number of halogens is 1. The fourth-order valence-corrected chi connectivity index (χ4v) is 2.22. The summed E-state index contributed by atoms with van der Waals surface area (Å²) in [5, 5.41) is 3.88. The van der Waals surface area contributed by atoms with Crippen LogP contribution in [-0.4, -0.2) is 36.3 Å². The van der Waals surface area contributed by atoms with Crippen LogP contribution in [0.5, 0.6) is 0 Å². The first kappa shape index (κ1) is 15.8. The molecule has 0 atom stereocenters. The molecule has 0 aliphatic carbocycles. The molecular formula is C12H15ClN2O3S. The summed E-state index contributed by atoms with van der Waals surface area (Å²) in [4.78, 5) is 26.4. The lowest BCUT2D eigenvalue weighted by Crippen LogP contribution is -2.26. The lowest BCUT2D eigenvalue weighted by atomic mass is 10.3. The lowest BCUT2D eigenvalue weighted by molar-refractivity contribution is -0.140.